The molecule has 1 amide bonds. The van der Waals surface area contributed by atoms with Crippen LogP contribution in [0, 0.1) is 0 Å². The maximum Gasteiger partial charge on any atom is 0.271 e. The molecule has 150 valence electrons. The highest BCUT2D eigenvalue weighted by atomic mass is 35.5. The summed E-state index contributed by atoms with van der Waals surface area (Å²) in [6.07, 6.45) is 1.23. The summed E-state index contributed by atoms with van der Waals surface area (Å²) in [6.45, 7) is 0. The third kappa shape index (κ3) is 3.89. The number of aromatic amines is 1. The molecule has 3 aromatic carbocycles. The molecule has 1 aromatic heterocycles. The molecule has 5 N–H and O–H groups in total. The Morgan fingerprint density at radius 3 is 2.43 bits per heavy atom. The molecule has 0 aliphatic rings. The number of hydrogen-bond donors (Lipinski definition) is 5. The average molecular weight is 423 g/mol. The third-order valence-corrected chi connectivity index (χ3v) is 4.59. The zero-order valence-electron chi connectivity index (χ0n) is 15.3. The van der Waals surface area contributed by atoms with Crippen molar-refractivity contribution in [3.05, 3.63) is 70.7 Å². The number of halogens is 1. The number of aromatic hydroxyl groups is 3. The van der Waals surface area contributed by atoms with Crippen molar-refractivity contribution < 1.29 is 20.1 Å². The second kappa shape index (κ2) is 7.76. The first-order chi connectivity index (χ1) is 14.4. The molecule has 0 saturated heterocycles. The predicted molar refractivity (Wildman–Crippen MR) is 113 cm³/mol. The molecule has 0 aliphatic heterocycles. The molecule has 4 aromatic rings. The van der Waals surface area contributed by atoms with E-state index in [1.165, 1.54) is 18.3 Å². The number of carbonyl (C=O) groups excluding carboxylic acids is 1. The largest absolute Gasteiger partial charge is 0.504 e. The number of hydrogen-bond acceptors (Lipinski definition) is 6. The molecule has 0 radical (unpaired) electrons. The molecular weight excluding hydrogens is 408 g/mol. The Bertz CT molecular complexity index is 1260. The summed E-state index contributed by atoms with van der Waals surface area (Å²) in [6, 6.07) is 14.6. The molecule has 0 spiro atoms. The van der Waals surface area contributed by atoms with Crippen molar-refractivity contribution in [2.75, 3.05) is 0 Å². The minimum absolute atomic E-state index is 0.291. The average Bonchev–Trinajstić information content (AvgIpc) is 3.15. The number of benzene rings is 3. The van der Waals surface area contributed by atoms with E-state index in [9.17, 15) is 20.1 Å². The monoisotopic (exact) mass is 422 g/mol. The highest BCUT2D eigenvalue weighted by Gasteiger charge is 2.10. The highest BCUT2D eigenvalue weighted by molar-refractivity contribution is 6.30. The van der Waals surface area contributed by atoms with Gasteiger partial charge < -0.3 is 20.3 Å². The second-order valence-corrected chi connectivity index (χ2v) is 6.87. The molecule has 0 atom stereocenters. The number of aromatic nitrogens is 2. The summed E-state index contributed by atoms with van der Waals surface area (Å²) in [5.41, 5.74) is 5.28. The van der Waals surface area contributed by atoms with E-state index in [0.717, 1.165) is 5.56 Å². The summed E-state index contributed by atoms with van der Waals surface area (Å²) >= 11 is 5.91. The molecule has 4 rings (SSSR count). The lowest BCUT2D eigenvalue weighted by Crippen LogP contribution is -2.17. The van der Waals surface area contributed by atoms with Crippen molar-refractivity contribution in [1.29, 1.82) is 0 Å². The van der Waals surface area contributed by atoms with Gasteiger partial charge in [0, 0.05) is 21.7 Å². The molecule has 8 nitrogen and oxygen atoms in total. The Morgan fingerprint density at radius 1 is 1.03 bits per heavy atom. The van der Waals surface area contributed by atoms with Gasteiger partial charge in [0.2, 0.25) is 0 Å². The summed E-state index contributed by atoms with van der Waals surface area (Å²) in [5, 5.41) is 32.8. The number of amides is 1. The van der Waals surface area contributed by atoms with Crippen LogP contribution in [0.2, 0.25) is 5.02 Å². The number of fused-ring (bicyclic) bond motifs is 1. The quantitative estimate of drug-likeness (QED) is 0.194. The summed E-state index contributed by atoms with van der Waals surface area (Å²) in [7, 11) is 0. The Morgan fingerprint density at radius 2 is 1.73 bits per heavy atom. The number of hydrazone groups is 1. The zero-order valence-corrected chi connectivity index (χ0v) is 16.1. The van der Waals surface area contributed by atoms with Gasteiger partial charge in [0.25, 0.3) is 5.91 Å². The number of nitrogens with zero attached hydrogens (tertiary/aromatic N) is 2. The zero-order chi connectivity index (χ0) is 21.3. The van der Waals surface area contributed by atoms with Gasteiger partial charge in [0.1, 0.15) is 5.82 Å². The maximum absolute atomic E-state index is 12.4. The summed E-state index contributed by atoms with van der Waals surface area (Å²) in [5.74, 6) is -1.41. The van der Waals surface area contributed by atoms with Crippen LogP contribution in [0.25, 0.3) is 22.4 Å². The predicted octanol–water partition coefficient (Wildman–Crippen LogP) is 3.76. The Labute approximate surface area is 175 Å². The van der Waals surface area contributed by atoms with E-state index in [2.05, 4.69) is 20.5 Å². The molecule has 1 heterocycles. The number of phenols is 3. The number of phenolic OH excluding ortho intramolecular Hbond substituents is 3. The number of nitrogens with one attached hydrogen (secondary N) is 2. The van der Waals surface area contributed by atoms with Gasteiger partial charge in [-0.15, -0.1) is 0 Å². The second-order valence-electron chi connectivity index (χ2n) is 6.43. The molecular formula is C21H15ClN4O4. The lowest BCUT2D eigenvalue weighted by atomic mass is 10.2. The van der Waals surface area contributed by atoms with Crippen LogP contribution in [-0.2, 0) is 0 Å². The van der Waals surface area contributed by atoms with E-state index < -0.39 is 23.2 Å². The van der Waals surface area contributed by atoms with E-state index in [4.69, 9.17) is 11.6 Å². The van der Waals surface area contributed by atoms with E-state index >= 15 is 0 Å². The first-order valence-electron chi connectivity index (χ1n) is 8.75. The highest BCUT2D eigenvalue weighted by Crippen LogP contribution is 2.34. The van der Waals surface area contributed by atoms with E-state index in [0.29, 0.717) is 33.0 Å². The van der Waals surface area contributed by atoms with Crippen molar-refractivity contribution in [1.82, 2.24) is 15.4 Å². The minimum atomic E-state index is -0.623. The molecule has 30 heavy (non-hydrogen) atoms. The fourth-order valence-electron chi connectivity index (χ4n) is 2.83. The van der Waals surface area contributed by atoms with Crippen LogP contribution in [0.1, 0.15) is 15.9 Å². The van der Waals surface area contributed by atoms with Crippen LogP contribution in [0.4, 0.5) is 0 Å². The van der Waals surface area contributed by atoms with Crippen LogP contribution in [0.3, 0.4) is 0 Å². The van der Waals surface area contributed by atoms with Crippen LogP contribution < -0.4 is 5.43 Å². The van der Waals surface area contributed by atoms with Gasteiger partial charge in [0.05, 0.1) is 17.2 Å². The molecule has 0 fully saturated rings. The Kier molecular flexibility index (Phi) is 4.99. The van der Waals surface area contributed by atoms with Crippen molar-refractivity contribution >= 4 is 34.8 Å². The molecule has 0 bridgehead atoms. The van der Waals surface area contributed by atoms with Gasteiger partial charge in [-0.3, -0.25) is 4.79 Å². The van der Waals surface area contributed by atoms with Gasteiger partial charge in [0.15, 0.2) is 17.2 Å². The van der Waals surface area contributed by atoms with Crippen molar-refractivity contribution in [2.24, 2.45) is 5.10 Å². The van der Waals surface area contributed by atoms with Gasteiger partial charge in [-0.25, -0.2) is 10.4 Å². The fourth-order valence-corrected chi connectivity index (χ4v) is 2.95. The van der Waals surface area contributed by atoms with Crippen molar-refractivity contribution in [2.45, 2.75) is 0 Å². The number of H-pyrrole nitrogens is 1. The van der Waals surface area contributed by atoms with Crippen molar-refractivity contribution in [3.63, 3.8) is 0 Å². The molecule has 0 unspecified atom stereocenters. The maximum atomic E-state index is 12.4. The first-order valence-corrected chi connectivity index (χ1v) is 9.12. The van der Waals surface area contributed by atoms with Crippen molar-refractivity contribution in [3.8, 4) is 28.6 Å². The summed E-state index contributed by atoms with van der Waals surface area (Å²) in [4.78, 5) is 20.1. The van der Waals surface area contributed by atoms with Crippen LogP contribution in [-0.4, -0.2) is 37.4 Å². The van der Waals surface area contributed by atoms with Crippen LogP contribution >= 0.6 is 11.6 Å². The Balaban J connectivity index is 1.51. The number of rotatable bonds is 4. The SMILES string of the molecule is O=C(N/N=C/c1cc(O)c(O)c(O)c1)c1ccc2nc(-c3ccc(Cl)cc3)[nH]c2c1. The fraction of sp³-hybridized carbons (Fsp3) is 0. The molecule has 0 saturated carbocycles. The smallest absolute Gasteiger partial charge is 0.271 e. The standard InChI is InChI=1S/C21H15ClN4O4/c22-14-4-1-12(2-5-14)20-24-15-6-3-13(9-16(15)25-20)21(30)26-23-10-11-7-17(27)19(29)18(28)8-11/h1-10,27-29H,(H,24,25)(H,26,30)/b23-10+. The lowest BCUT2D eigenvalue weighted by Gasteiger charge is -2.02. The lowest BCUT2D eigenvalue weighted by molar-refractivity contribution is 0.0955. The topological polar surface area (TPSA) is 131 Å². The number of carbonyl (C=O) groups is 1. The van der Waals surface area contributed by atoms with E-state index in [1.54, 1.807) is 30.3 Å². The van der Waals surface area contributed by atoms with Gasteiger partial charge in [-0.2, -0.15) is 5.10 Å². The third-order valence-electron chi connectivity index (χ3n) is 4.33. The summed E-state index contributed by atoms with van der Waals surface area (Å²) < 4.78 is 0. The normalized spacial score (nSPS) is 11.2. The molecule has 9 heteroatoms. The van der Waals surface area contributed by atoms with E-state index in [-0.39, 0.29) is 0 Å². The Hall–Kier alpha value is -4.04. The van der Waals surface area contributed by atoms with E-state index in [1.807, 2.05) is 12.1 Å². The van der Waals surface area contributed by atoms with Crippen LogP contribution in [0.5, 0.6) is 17.2 Å². The van der Waals surface area contributed by atoms with Gasteiger partial charge >= 0.3 is 0 Å². The first kappa shape index (κ1) is 19.3. The van der Waals surface area contributed by atoms with Crippen LogP contribution in [0.15, 0.2) is 59.7 Å². The minimum Gasteiger partial charge on any atom is -0.504 e. The van der Waals surface area contributed by atoms with Gasteiger partial charge in [-0.1, -0.05) is 11.6 Å². The molecule has 0 aliphatic carbocycles. The van der Waals surface area contributed by atoms with Gasteiger partial charge in [-0.05, 0) is 54.6 Å². The number of imidazole rings is 1.